The van der Waals surface area contributed by atoms with Crippen LogP contribution in [0.4, 0.5) is 0 Å². The van der Waals surface area contributed by atoms with E-state index in [4.69, 9.17) is 0 Å². The first-order valence-corrected chi connectivity index (χ1v) is 4.61. The van der Waals surface area contributed by atoms with Crippen LogP contribution < -0.4 is 0 Å². The fourth-order valence-electron chi connectivity index (χ4n) is 1.22. The van der Waals surface area contributed by atoms with Crippen molar-refractivity contribution < 1.29 is 0 Å². The van der Waals surface area contributed by atoms with Gasteiger partial charge >= 0.3 is 0 Å². The summed E-state index contributed by atoms with van der Waals surface area (Å²) in [6.45, 7) is 6.02. The number of rotatable bonds is 1. The van der Waals surface area contributed by atoms with Crippen molar-refractivity contribution in [2.24, 2.45) is 0 Å². The summed E-state index contributed by atoms with van der Waals surface area (Å²) in [4.78, 5) is 3.29. The molecule has 1 fully saturated rings. The Bertz CT molecular complexity index is 77.0. The summed E-state index contributed by atoms with van der Waals surface area (Å²) < 4.78 is 0. The molecule has 1 heterocycles. The van der Waals surface area contributed by atoms with Gasteiger partial charge in [-0.15, -0.1) is 0 Å². The van der Waals surface area contributed by atoms with Gasteiger partial charge in [0.2, 0.25) is 0 Å². The van der Waals surface area contributed by atoms with E-state index in [0.29, 0.717) is 0 Å². The van der Waals surface area contributed by atoms with Crippen molar-refractivity contribution in [3.63, 3.8) is 0 Å². The Morgan fingerprint density at radius 1 is 1.44 bits per heavy atom. The van der Waals surface area contributed by atoms with E-state index in [9.17, 15) is 0 Å². The highest BCUT2D eigenvalue weighted by atomic mass is 79.9. The van der Waals surface area contributed by atoms with Crippen LogP contribution in [0, 0.1) is 0 Å². The maximum atomic E-state index is 3.62. The molecule has 0 unspecified atom stereocenters. The number of nitrogens with zero attached hydrogens (tertiary/aromatic N) is 1. The molecule has 0 saturated carbocycles. The summed E-state index contributed by atoms with van der Waals surface area (Å²) in [5.41, 5.74) is 0. The number of halogens is 1. The molecule has 1 nitrogen and oxygen atoms in total. The molecule has 0 aromatic carbocycles. The molecule has 1 rings (SSSR count). The van der Waals surface area contributed by atoms with Crippen LogP contribution in [-0.4, -0.2) is 29.4 Å². The Kier molecular flexibility index (Phi) is 2.99. The molecule has 1 aliphatic heterocycles. The maximum Gasteiger partial charge on any atom is 0.0170 e. The Morgan fingerprint density at radius 3 is 2.44 bits per heavy atom. The lowest BCUT2D eigenvalue weighted by Crippen LogP contribution is -2.33. The predicted molar refractivity (Wildman–Crippen MR) is 44.1 cm³/mol. The maximum absolute atomic E-state index is 3.62. The Labute approximate surface area is 65.6 Å². The van der Waals surface area contributed by atoms with Crippen LogP contribution >= 0.6 is 15.9 Å². The first-order chi connectivity index (χ1) is 4.33. The fraction of sp³-hybridized carbons (Fsp3) is 1.00. The molecule has 0 aliphatic carbocycles. The average Bonchev–Trinajstić information content (AvgIpc) is 1.90. The van der Waals surface area contributed by atoms with Gasteiger partial charge in [0, 0.05) is 4.83 Å². The summed E-state index contributed by atoms with van der Waals surface area (Å²) in [6, 6.07) is 0. The highest BCUT2D eigenvalue weighted by molar-refractivity contribution is 9.09. The minimum absolute atomic E-state index is 0.792. The summed E-state index contributed by atoms with van der Waals surface area (Å²) in [7, 11) is 0. The third-order valence-corrected chi connectivity index (χ3v) is 2.88. The first kappa shape index (κ1) is 7.55. The summed E-state index contributed by atoms with van der Waals surface area (Å²) in [5.74, 6) is 0. The van der Waals surface area contributed by atoms with Crippen molar-refractivity contribution in [3.8, 4) is 0 Å². The van der Waals surface area contributed by atoms with Gasteiger partial charge in [0.25, 0.3) is 0 Å². The third kappa shape index (κ3) is 2.26. The van der Waals surface area contributed by atoms with Gasteiger partial charge in [0.05, 0.1) is 0 Å². The summed E-state index contributed by atoms with van der Waals surface area (Å²) >= 11 is 3.62. The lowest BCUT2D eigenvalue weighted by atomic mass is 10.1. The molecular formula is C7H14BrN. The van der Waals surface area contributed by atoms with Crippen LogP contribution in [-0.2, 0) is 0 Å². The van der Waals surface area contributed by atoms with Crippen molar-refractivity contribution in [1.29, 1.82) is 0 Å². The van der Waals surface area contributed by atoms with Crippen LogP contribution in [0.2, 0.25) is 0 Å². The molecule has 2 heteroatoms. The van der Waals surface area contributed by atoms with E-state index in [1.807, 2.05) is 0 Å². The molecule has 0 N–H and O–H groups in total. The van der Waals surface area contributed by atoms with E-state index >= 15 is 0 Å². The molecule has 54 valence electrons. The van der Waals surface area contributed by atoms with Gasteiger partial charge in [0.15, 0.2) is 0 Å². The quantitative estimate of drug-likeness (QED) is 0.573. The SMILES string of the molecule is CCN1CCC(Br)CC1. The normalized spacial score (nSPS) is 24.7. The van der Waals surface area contributed by atoms with Crippen molar-refractivity contribution in [2.75, 3.05) is 19.6 Å². The number of hydrogen-bond acceptors (Lipinski definition) is 1. The molecule has 0 aromatic rings. The fourth-order valence-corrected chi connectivity index (χ4v) is 1.63. The second-order valence-corrected chi connectivity index (χ2v) is 3.90. The number of piperidine rings is 1. The van der Waals surface area contributed by atoms with Gasteiger partial charge in [-0.3, -0.25) is 0 Å². The van der Waals surface area contributed by atoms with Gasteiger partial charge in [-0.05, 0) is 32.5 Å². The van der Waals surface area contributed by atoms with Gasteiger partial charge in [-0.25, -0.2) is 0 Å². The Balaban J connectivity index is 2.18. The zero-order valence-electron chi connectivity index (χ0n) is 5.94. The predicted octanol–water partition coefficient (Wildman–Crippen LogP) is 1.87. The highest BCUT2D eigenvalue weighted by Crippen LogP contribution is 2.16. The van der Waals surface area contributed by atoms with E-state index in [1.165, 1.54) is 32.5 Å². The number of likely N-dealkylation sites (tertiary alicyclic amines) is 1. The Hall–Kier alpha value is 0.440. The molecule has 0 bridgehead atoms. The van der Waals surface area contributed by atoms with Crippen molar-refractivity contribution in [3.05, 3.63) is 0 Å². The zero-order valence-corrected chi connectivity index (χ0v) is 7.52. The molecule has 0 spiro atoms. The third-order valence-electron chi connectivity index (χ3n) is 1.96. The van der Waals surface area contributed by atoms with Crippen LogP contribution in [0.25, 0.3) is 0 Å². The average molecular weight is 192 g/mol. The minimum Gasteiger partial charge on any atom is -0.304 e. The van der Waals surface area contributed by atoms with E-state index < -0.39 is 0 Å². The van der Waals surface area contributed by atoms with E-state index in [-0.39, 0.29) is 0 Å². The Morgan fingerprint density at radius 2 is 2.00 bits per heavy atom. The molecule has 0 aromatic heterocycles. The topological polar surface area (TPSA) is 3.24 Å². The lowest BCUT2D eigenvalue weighted by molar-refractivity contribution is 0.246. The van der Waals surface area contributed by atoms with Crippen LogP contribution in [0.5, 0.6) is 0 Å². The van der Waals surface area contributed by atoms with E-state index in [2.05, 4.69) is 27.8 Å². The molecule has 1 aliphatic rings. The van der Waals surface area contributed by atoms with E-state index in [1.54, 1.807) is 0 Å². The monoisotopic (exact) mass is 191 g/mol. The number of hydrogen-bond donors (Lipinski definition) is 0. The minimum atomic E-state index is 0.792. The smallest absolute Gasteiger partial charge is 0.0170 e. The van der Waals surface area contributed by atoms with Crippen LogP contribution in [0.15, 0.2) is 0 Å². The van der Waals surface area contributed by atoms with Gasteiger partial charge in [0.1, 0.15) is 0 Å². The molecule has 9 heavy (non-hydrogen) atoms. The zero-order chi connectivity index (χ0) is 6.69. The van der Waals surface area contributed by atoms with Crippen molar-refractivity contribution >= 4 is 15.9 Å². The lowest BCUT2D eigenvalue weighted by Gasteiger charge is -2.27. The van der Waals surface area contributed by atoms with Gasteiger partial charge in [-0.2, -0.15) is 0 Å². The summed E-state index contributed by atoms with van der Waals surface area (Å²) in [5, 5.41) is 0. The molecule has 0 atom stereocenters. The van der Waals surface area contributed by atoms with E-state index in [0.717, 1.165) is 4.83 Å². The summed E-state index contributed by atoms with van der Waals surface area (Å²) in [6.07, 6.45) is 2.65. The first-order valence-electron chi connectivity index (χ1n) is 3.69. The van der Waals surface area contributed by atoms with Gasteiger partial charge in [-0.1, -0.05) is 22.9 Å². The van der Waals surface area contributed by atoms with Crippen LogP contribution in [0.1, 0.15) is 19.8 Å². The second kappa shape index (κ2) is 3.57. The van der Waals surface area contributed by atoms with Crippen LogP contribution in [0.3, 0.4) is 0 Å². The van der Waals surface area contributed by atoms with Crippen molar-refractivity contribution in [2.45, 2.75) is 24.6 Å². The molecule has 1 saturated heterocycles. The standard InChI is InChI=1S/C7H14BrN/c1-2-9-5-3-7(8)4-6-9/h7H,2-6H2,1H3. The van der Waals surface area contributed by atoms with Gasteiger partial charge < -0.3 is 4.90 Å². The second-order valence-electron chi connectivity index (χ2n) is 2.61. The largest absolute Gasteiger partial charge is 0.304 e. The molecule has 0 amide bonds. The van der Waals surface area contributed by atoms with Crippen molar-refractivity contribution in [1.82, 2.24) is 4.90 Å². The highest BCUT2D eigenvalue weighted by Gasteiger charge is 2.14. The number of alkyl halides is 1. The molecular weight excluding hydrogens is 178 g/mol. The molecule has 0 radical (unpaired) electrons.